The summed E-state index contributed by atoms with van der Waals surface area (Å²) in [6.45, 7) is 8.21. The molecule has 5 unspecified atom stereocenters. The van der Waals surface area contributed by atoms with Crippen LogP contribution >= 0.6 is 0 Å². The molecule has 0 spiro atoms. The van der Waals surface area contributed by atoms with Gasteiger partial charge in [-0.2, -0.15) is 0 Å². The zero-order valence-electron chi connectivity index (χ0n) is 13.3. The highest BCUT2D eigenvalue weighted by Crippen LogP contribution is 2.53. The minimum atomic E-state index is -0.907. The van der Waals surface area contributed by atoms with Crippen LogP contribution in [0.2, 0.25) is 0 Å². The molecule has 1 saturated heterocycles. The van der Waals surface area contributed by atoms with Crippen LogP contribution in [0.3, 0.4) is 0 Å². The predicted octanol–water partition coefficient (Wildman–Crippen LogP) is 2.33. The van der Waals surface area contributed by atoms with Crippen molar-refractivity contribution in [2.75, 3.05) is 7.11 Å². The molecule has 0 amide bonds. The van der Waals surface area contributed by atoms with Crippen molar-refractivity contribution in [1.82, 2.24) is 0 Å². The molecule has 1 aliphatic heterocycles. The van der Waals surface area contributed by atoms with Crippen LogP contribution in [-0.4, -0.2) is 41.4 Å². The fourth-order valence-corrected chi connectivity index (χ4v) is 3.75. The molecule has 2 fully saturated rings. The SMILES string of the molecule is COC1C(=O)CCC(C)(O)C1C1(C)OC1CCC(C)C. The number of epoxide rings is 1. The van der Waals surface area contributed by atoms with Gasteiger partial charge in [0, 0.05) is 13.5 Å². The molecule has 4 nitrogen and oxygen atoms in total. The average Bonchev–Trinajstić information content (AvgIpc) is 3.01. The van der Waals surface area contributed by atoms with E-state index in [9.17, 15) is 9.90 Å². The predicted molar refractivity (Wildman–Crippen MR) is 76.5 cm³/mol. The minimum absolute atomic E-state index is 0.0864. The van der Waals surface area contributed by atoms with Gasteiger partial charge >= 0.3 is 0 Å². The topological polar surface area (TPSA) is 59.1 Å². The average molecular weight is 284 g/mol. The summed E-state index contributed by atoms with van der Waals surface area (Å²) in [4.78, 5) is 12.1. The van der Waals surface area contributed by atoms with E-state index in [1.165, 1.54) is 0 Å². The Balaban J connectivity index is 2.13. The Hall–Kier alpha value is -0.450. The van der Waals surface area contributed by atoms with Crippen LogP contribution in [0.5, 0.6) is 0 Å². The van der Waals surface area contributed by atoms with Crippen LogP contribution in [0.25, 0.3) is 0 Å². The van der Waals surface area contributed by atoms with Gasteiger partial charge in [-0.05, 0) is 39.0 Å². The van der Waals surface area contributed by atoms with Crippen molar-refractivity contribution >= 4 is 5.78 Å². The first-order valence-corrected chi connectivity index (χ1v) is 7.68. The summed E-state index contributed by atoms with van der Waals surface area (Å²) < 4.78 is 11.3. The van der Waals surface area contributed by atoms with Crippen molar-refractivity contribution < 1.29 is 19.4 Å². The first-order chi connectivity index (χ1) is 9.22. The van der Waals surface area contributed by atoms with E-state index in [-0.39, 0.29) is 17.8 Å². The summed E-state index contributed by atoms with van der Waals surface area (Å²) in [7, 11) is 1.55. The molecule has 0 bridgehead atoms. The second-order valence-corrected chi connectivity index (χ2v) is 7.22. The summed E-state index contributed by atoms with van der Waals surface area (Å²) >= 11 is 0. The first kappa shape index (κ1) is 15.9. The van der Waals surface area contributed by atoms with Gasteiger partial charge in [0.25, 0.3) is 0 Å². The summed E-state index contributed by atoms with van der Waals surface area (Å²) in [6.07, 6.45) is 2.53. The molecule has 0 aromatic rings. The Morgan fingerprint density at radius 3 is 2.65 bits per heavy atom. The third-order valence-corrected chi connectivity index (χ3v) is 5.02. The number of aliphatic hydroxyl groups is 1. The quantitative estimate of drug-likeness (QED) is 0.787. The second kappa shape index (κ2) is 5.39. The molecule has 2 rings (SSSR count). The number of ether oxygens (including phenoxy) is 2. The van der Waals surface area contributed by atoms with Gasteiger partial charge in [0.15, 0.2) is 5.78 Å². The maximum atomic E-state index is 12.1. The van der Waals surface area contributed by atoms with E-state index in [1.54, 1.807) is 7.11 Å². The molecule has 20 heavy (non-hydrogen) atoms. The third kappa shape index (κ3) is 2.78. The number of carbonyl (C=O) groups excluding carboxylic acids is 1. The van der Waals surface area contributed by atoms with Crippen LogP contribution < -0.4 is 0 Å². The lowest BCUT2D eigenvalue weighted by molar-refractivity contribution is -0.160. The highest BCUT2D eigenvalue weighted by molar-refractivity contribution is 5.85. The zero-order valence-corrected chi connectivity index (χ0v) is 13.3. The van der Waals surface area contributed by atoms with Gasteiger partial charge in [0.1, 0.15) is 11.7 Å². The molecular weight excluding hydrogens is 256 g/mol. The van der Waals surface area contributed by atoms with Crippen LogP contribution in [0.1, 0.15) is 53.4 Å². The van der Waals surface area contributed by atoms with Crippen LogP contribution in [0, 0.1) is 11.8 Å². The Kier molecular flexibility index (Phi) is 4.30. The number of carbonyl (C=O) groups is 1. The molecule has 0 radical (unpaired) electrons. The molecule has 1 N–H and O–H groups in total. The van der Waals surface area contributed by atoms with Crippen molar-refractivity contribution in [1.29, 1.82) is 0 Å². The number of rotatable bonds is 5. The highest BCUT2D eigenvalue weighted by Gasteiger charge is 2.66. The second-order valence-electron chi connectivity index (χ2n) is 7.22. The lowest BCUT2D eigenvalue weighted by atomic mass is 9.67. The third-order valence-electron chi connectivity index (χ3n) is 5.02. The lowest BCUT2D eigenvalue weighted by Gasteiger charge is -2.43. The fraction of sp³-hybridized carbons (Fsp3) is 0.938. The first-order valence-electron chi connectivity index (χ1n) is 7.68. The van der Waals surface area contributed by atoms with Crippen molar-refractivity contribution in [2.45, 2.75) is 76.8 Å². The smallest absolute Gasteiger partial charge is 0.162 e. The maximum Gasteiger partial charge on any atom is 0.162 e. The Morgan fingerprint density at radius 1 is 1.45 bits per heavy atom. The van der Waals surface area contributed by atoms with Crippen molar-refractivity contribution in [3.63, 3.8) is 0 Å². The van der Waals surface area contributed by atoms with Crippen LogP contribution in [-0.2, 0) is 14.3 Å². The van der Waals surface area contributed by atoms with Crippen LogP contribution in [0.4, 0.5) is 0 Å². The maximum absolute atomic E-state index is 12.1. The van der Waals surface area contributed by atoms with Crippen molar-refractivity contribution in [3.8, 4) is 0 Å². The number of ketones is 1. The largest absolute Gasteiger partial charge is 0.390 e. The number of hydrogen-bond acceptors (Lipinski definition) is 4. The molecule has 1 heterocycles. The van der Waals surface area contributed by atoms with Gasteiger partial charge < -0.3 is 14.6 Å². The van der Waals surface area contributed by atoms with Crippen LogP contribution in [0.15, 0.2) is 0 Å². The van der Waals surface area contributed by atoms with E-state index >= 15 is 0 Å². The molecule has 1 aliphatic carbocycles. The minimum Gasteiger partial charge on any atom is -0.390 e. The normalized spacial score (nSPS) is 45.0. The summed E-state index contributed by atoms with van der Waals surface area (Å²) in [6, 6.07) is 0. The number of Topliss-reactive ketones (excluding diaryl/α,β-unsaturated/α-hetero) is 1. The summed E-state index contributed by atoms with van der Waals surface area (Å²) in [5.41, 5.74) is -1.34. The van der Waals surface area contributed by atoms with Gasteiger partial charge in [-0.3, -0.25) is 4.79 Å². The van der Waals surface area contributed by atoms with Gasteiger partial charge in [-0.25, -0.2) is 0 Å². The molecule has 116 valence electrons. The fourth-order valence-electron chi connectivity index (χ4n) is 3.75. The Labute approximate surface area is 121 Å². The standard InChI is InChI=1S/C16H28O4/c1-10(2)6-7-12-16(4,20-12)14-13(19-5)11(17)8-9-15(14,3)18/h10,12-14,18H,6-9H2,1-5H3. The van der Waals surface area contributed by atoms with E-state index < -0.39 is 17.3 Å². The summed E-state index contributed by atoms with van der Waals surface area (Å²) in [5, 5.41) is 10.7. The number of hydrogen-bond donors (Lipinski definition) is 1. The monoisotopic (exact) mass is 284 g/mol. The Morgan fingerprint density at radius 2 is 2.10 bits per heavy atom. The van der Waals surface area contributed by atoms with Crippen molar-refractivity contribution in [3.05, 3.63) is 0 Å². The van der Waals surface area contributed by atoms with E-state index in [1.807, 2.05) is 13.8 Å². The molecular formula is C16H28O4. The zero-order chi connectivity index (χ0) is 15.1. The molecule has 4 heteroatoms. The molecule has 1 saturated carbocycles. The van der Waals surface area contributed by atoms with Gasteiger partial charge in [0.05, 0.1) is 17.6 Å². The van der Waals surface area contributed by atoms with Crippen molar-refractivity contribution in [2.24, 2.45) is 11.8 Å². The van der Waals surface area contributed by atoms with E-state index in [4.69, 9.17) is 9.47 Å². The van der Waals surface area contributed by atoms with E-state index in [2.05, 4.69) is 13.8 Å². The van der Waals surface area contributed by atoms with Gasteiger partial charge in [0.2, 0.25) is 0 Å². The van der Waals surface area contributed by atoms with E-state index in [0.717, 1.165) is 12.8 Å². The molecule has 0 aromatic heterocycles. The highest BCUT2D eigenvalue weighted by atomic mass is 16.6. The lowest BCUT2D eigenvalue weighted by Crippen LogP contribution is -2.57. The Bertz CT molecular complexity index is 377. The molecule has 5 atom stereocenters. The van der Waals surface area contributed by atoms with Gasteiger partial charge in [-0.15, -0.1) is 0 Å². The molecule has 2 aliphatic rings. The summed E-state index contributed by atoms with van der Waals surface area (Å²) in [5.74, 6) is 0.442. The van der Waals surface area contributed by atoms with Gasteiger partial charge in [-0.1, -0.05) is 13.8 Å². The molecule has 0 aromatic carbocycles. The number of methoxy groups -OCH3 is 1. The van der Waals surface area contributed by atoms with E-state index in [0.29, 0.717) is 18.8 Å².